The number of hydrogen-bond donors (Lipinski definition) is 0. The van der Waals surface area contributed by atoms with Crippen LogP contribution < -0.4 is 4.90 Å². The molecular formula is C17H27N5. The van der Waals surface area contributed by atoms with E-state index >= 15 is 0 Å². The van der Waals surface area contributed by atoms with Gasteiger partial charge in [-0.1, -0.05) is 12.8 Å². The smallest absolute Gasteiger partial charge is 0.225 e. The van der Waals surface area contributed by atoms with Gasteiger partial charge in [0.25, 0.3) is 0 Å². The Morgan fingerprint density at radius 1 is 0.955 bits per heavy atom. The molecule has 1 saturated carbocycles. The number of piperazine rings is 1. The fourth-order valence-corrected chi connectivity index (χ4v) is 4.22. The molecule has 3 heterocycles. The van der Waals surface area contributed by atoms with E-state index in [4.69, 9.17) is 0 Å². The Labute approximate surface area is 133 Å². The monoisotopic (exact) mass is 301 g/mol. The van der Waals surface area contributed by atoms with Gasteiger partial charge in [0.05, 0.1) is 0 Å². The Kier molecular flexibility index (Phi) is 4.26. The topological polar surface area (TPSA) is 35.5 Å². The number of hydrogen-bond acceptors (Lipinski definition) is 5. The fourth-order valence-electron chi connectivity index (χ4n) is 4.22. The maximum atomic E-state index is 4.36. The first-order valence-corrected chi connectivity index (χ1v) is 8.87. The Bertz CT molecular complexity index is 459. The third kappa shape index (κ3) is 3.10. The third-order valence-electron chi connectivity index (χ3n) is 5.59. The van der Waals surface area contributed by atoms with Crippen LogP contribution in [-0.2, 0) is 0 Å². The van der Waals surface area contributed by atoms with E-state index < -0.39 is 0 Å². The fraction of sp³-hybridized carbons (Fsp3) is 0.765. The van der Waals surface area contributed by atoms with Crippen LogP contribution in [0.5, 0.6) is 0 Å². The molecule has 1 aromatic rings. The highest BCUT2D eigenvalue weighted by Gasteiger charge is 2.34. The molecule has 1 aliphatic carbocycles. The lowest BCUT2D eigenvalue weighted by molar-refractivity contribution is 0.0214. The minimum absolute atomic E-state index is 0.792. The molecule has 0 radical (unpaired) electrons. The SMILES string of the molecule is c1cnc(N2CCN(C3CN(CC4CCCC4)C3)CC2)nc1. The van der Waals surface area contributed by atoms with E-state index in [1.807, 2.05) is 18.5 Å². The number of anilines is 1. The molecule has 0 unspecified atom stereocenters. The van der Waals surface area contributed by atoms with Gasteiger partial charge in [-0.2, -0.15) is 0 Å². The first-order chi connectivity index (χ1) is 10.9. The number of nitrogens with zero attached hydrogens (tertiary/aromatic N) is 5. The molecule has 0 amide bonds. The summed E-state index contributed by atoms with van der Waals surface area (Å²) in [5.41, 5.74) is 0. The molecule has 0 N–H and O–H groups in total. The lowest BCUT2D eigenvalue weighted by atomic mass is 10.0. The van der Waals surface area contributed by atoms with Gasteiger partial charge in [0.1, 0.15) is 0 Å². The normalized spacial score (nSPS) is 25.5. The molecule has 0 aromatic carbocycles. The van der Waals surface area contributed by atoms with Crippen LogP contribution in [0.2, 0.25) is 0 Å². The zero-order valence-electron chi connectivity index (χ0n) is 13.4. The van der Waals surface area contributed by atoms with E-state index in [2.05, 4.69) is 24.7 Å². The summed E-state index contributed by atoms with van der Waals surface area (Å²) in [5.74, 6) is 1.88. The first kappa shape index (κ1) is 14.4. The minimum Gasteiger partial charge on any atom is -0.338 e. The lowest BCUT2D eigenvalue weighted by Gasteiger charge is -2.48. The molecule has 0 atom stereocenters. The maximum absolute atomic E-state index is 4.36. The van der Waals surface area contributed by atoms with Crippen molar-refractivity contribution in [3.8, 4) is 0 Å². The van der Waals surface area contributed by atoms with Gasteiger partial charge in [-0.15, -0.1) is 0 Å². The van der Waals surface area contributed by atoms with E-state index in [0.717, 1.165) is 44.1 Å². The van der Waals surface area contributed by atoms with Gasteiger partial charge >= 0.3 is 0 Å². The Morgan fingerprint density at radius 2 is 1.64 bits per heavy atom. The summed E-state index contributed by atoms with van der Waals surface area (Å²) in [6.45, 7) is 8.36. The molecule has 5 heteroatoms. The second-order valence-electron chi connectivity index (χ2n) is 7.09. The quantitative estimate of drug-likeness (QED) is 0.841. The van der Waals surface area contributed by atoms with Crippen LogP contribution in [0.15, 0.2) is 18.5 Å². The van der Waals surface area contributed by atoms with Gasteiger partial charge < -0.3 is 4.90 Å². The lowest BCUT2D eigenvalue weighted by Crippen LogP contribution is -2.63. The molecule has 3 aliphatic rings. The Hall–Kier alpha value is -1.20. The Morgan fingerprint density at radius 3 is 2.32 bits per heavy atom. The highest BCUT2D eigenvalue weighted by Crippen LogP contribution is 2.28. The molecule has 1 aromatic heterocycles. The summed E-state index contributed by atoms with van der Waals surface area (Å²) in [6.07, 6.45) is 9.54. The average molecular weight is 301 g/mol. The van der Waals surface area contributed by atoms with Gasteiger partial charge in [-0.25, -0.2) is 9.97 Å². The molecule has 5 nitrogen and oxygen atoms in total. The third-order valence-corrected chi connectivity index (χ3v) is 5.59. The molecule has 0 spiro atoms. The predicted octanol–water partition coefficient (Wildman–Crippen LogP) is 1.47. The van der Waals surface area contributed by atoms with Gasteiger partial charge in [0, 0.05) is 64.2 Å². The van der Waals surface area contributed by atoms with Crippen LogP contribution in [0, 0.1) is 5.92 Å². The van der Waals surface area contributed by atoms with Gasteiger partial charge in [-0.05, 0) is 24.8 Å². The van der Waals surface area contributed by atoms with Crippen LogP contribution in [0.4, 0.5) is 5.95 Å². The molecular weight excluding hydrogens is 274 g/mol. The molecule has 0 bridgehead atoms. The zero-order chi connectivity index (χ0) is 14.8. The van der Waals surface area contributed by atoms with E-state index in [-0.39, 0.29) is 0 Å². The molecule has 120 valence electrons. The van der Waals surface area contributed by atoms with Crippen molar-refractivity contribution < 1.29 is 0 Å². The van der Waals surface area contributed by atoms with Crippen molar-refractivity contribution >= 4 is 5.95 Å². The summed E-state index contributed by atoms with van der Waals surface area (Å²) in [7, 11) is 0. The number of likely N-dealkylation sites (tertiary alicyclic amines) is 1. The van der Waals surface area contributed by atoms with E-state index in [1.54, 1.807) is 0 Å². The van der Waals surface area contributed by atoms with Crippen molar-refractivity contribution in [2.45, 2.75) is 31.7 Å². The van der Waals surface area contributed by atoms with Crippen LogP contribution >= 0.6 is 0 Å². The van der Waals surface area contributed by atoms with Crippen LogP contribution in [-0.4, -0.2) is 71.6 Å². The van der Waals surface area contributed by atoms with Crippen molar-refractivity contribution in [2.24, 2.45) is 5.92 Å². The van der Waals surface area contributed by atoms with Crippen molar-refractivity contribution in [3.63, 3.8) is 0 Å². The zero-order valence-corrected chi connectivity index (χ0v) is 13.4. The number of aromatic nitrogens is 2. The molecule has 4 rings (SSSR count). The van der Waals surface area contributed by atoms with E-state index in [9.17, 15) is 0 Å². The first-order valence-electron chi connectivity index (χ1n) is 8.87. The van der Waals surface area contributed by atoms with Crippen LogP contribution in [0.1, 0.15) is 25.7 Å². The highest BCUT2D eigenvalue weighted by atomic mass is 15.4. The van der Waals surface area contributed by atoms with Crippen LogP contribution in [0.3, 0.4) is 0 Å². The highest BCUT2D eigenvalue weighted by molar-refractivity contribution is 5.29. The summed E-state index contributed by atoms with van der Waals surface area (Å²) in [5, 5.41) is 0. The van der Waals surface area contributed by atoms with Crippen LogP contribution in [0.25, 0.3) is 0 Å². The molecule has 3 fully saturated rings. The second-order valence-corrected chi connectivity index (χ2v) is 7.09. The van der Waals surface area contributed by atoms with Gasteiger partial charge in [-0.3, -0.25) is 9.80 Å². The maximum Gasteiger partial charge on any atom is 0.225 e. The average Bonchev–Trinajstić information content (AvgIpc) is 3.05. The predicted molar refractivity (Wildman–Crippen MR) is 88.0 cm³/mol. The van der Waals surface area contributed by atoms with Crippen molar-refractivity contribution in [3.05, 3.63) is 18.5 Å². The number of rotatable bonds is 4. The van der Waals surface area contributed by atoms with Gasteiger partial charge in [0.2, 0.25) is 5.95 Å². The largest absolute Gasteiger partial charge is 0.338 e. The Balaban J connectivity index is 1.20. The van der Waals surface area contributed by atoms with Gasteiger partial charge in [0.15, 0.2) is 0 Å². The molecule has 2 saturated heterocycles. The summed E-state index contributed by atoms with van der Waals surface area (Å²) in [4.78, 5) is 16.4. The second kappa shape index (κ2) is 6.50. The minimum atomic E-state index is 0.792. The summed E-state index contributed by atoms with van der Waals surface area (Å²) in [6, 6.07) is 2.67. The summed E-state index contributed by atoms with van der Waals surface area (Å²) < 4.78 is 0. The van der Waals surface area contributed by atoms with E-state index in [0.29, 0.717) is 0 Å². The van der Waals surface area contributed by atoms with Crippen molar-refractivity contribution in [1.29, 1.82) is 0 Å². The molecule has 2 aliphatic heterocycles. The standard InChI is InChI=1S/C17H27N5/c1-2-5-15(4-1)12-20-13-16(14-20)21-8-10-22(11-9-21)17-18-6-3-7-19-17/h3,6-7,15-16H,1-2,4-5,8-14H2. The van der Waals surface area contributed by atoms with E-state index in [1.165, 1.54) is 45.3 Å². The van der Waals surface area contributed by atoms with Crippen molar-refractivity contribution in [1.82, 2.24) is 19.8 Å². The molecule has 22 heavy (non-hydrogen) atoms. The van der Waals surface area contributed by atoms with Crippen molar-refractivity contribution in [2.75, 3.05) is 50.7 Å². The summed E-state index contributed by atoms with van der Waals surface area (Å²) >= 11 is 0.